The van der Waals surface area contributed by atoms with E-state index in [0.717, 1.165) is 24.9 Å². The van der Waals surface area contributed by atoms with Gasteiger partial charge in [0.2, 0.25) is 0 Å². The first-order chi connectivity index (χ1) is 9.81. The number of likely N-dealkylation sites (tertiary alicyclic amines) is 1. The van der Waals surface area contributed by atoms with E-state index >= 15 is 0 Å². The number of carbonyl (C=O) groups is 1. The van der Waals surface area contributed by atoms with Crippen molar-refractivity contribution in [1.29, 1.82) is 0 Å². The highest BCUT2D eigenvalue weighted by atomic mass is 16.2. The van der Waals surface area contributed by atoms with Crippen molar-refractivity contribution in [3.63, 3.8) is 0 Å². The number of nitrogens with zero attached hydrogens (tertiary/aromatic N) is 1. The SMILES string of the molecule is C#Cc1ccccc1C(=O)N1CCCC2CCCCC21. The van der Waals surface area contributed by atoms with Gasteiger partial charge in [-0.15, -0.1) is 6.42 Å². The minimum absolute atomic E-state index is 0.134. The number of hydrogen-bond donors (Lipinski definition) is 0. The number of hydrogen-bond acceptors (Lipinski definition) is 1. The fraction of sp³-hybridized carbons (Fsp3) is 0.500. The Labute approximate surface area is 121 Å². The van der Waals surface area contributed by atoms with Crippen molar-refractivity contribution < 1.29 is 4.79 Å². The lowest BCUT2D eigenvalue weighted by molar-refractivity contribution is 0.0390. The molecule has 1 aliphatic carbocycles. The molecule has 3 rings (SSSR count). The molecule has 2 fully saturated rings. The summed E-state index contributed by atoms with van der Waals surface area (Å²) in [6, 6.07) is 7.96. The minimum atomic E-state index is 0.134. The van der Waals surface area contributed by atoms with Crippen LogP contribution in [0.25, 0.3) is 0 Å². The highest BCUT2D eigenvalue weighted by Crippen LogP contribution is 2.36. The average Bonchev–Trinajstić information content (AvgIpc) is 2.53. The van der Waals surface area contributed by atoms with Gasteiger partial charge in [-0.3, -0.25) is 4.79 Å². The van der Waals surface area contributed by atoms with Gasteiger partial charge in [-0.25, -0.2) is 0 Å². The zero-order chi connectivity index (χ0) is 13.9. The summed E-state index contributed by atoms with van der Waals surface area (Å²) in [5.41, 5.74) is 1.41. The summed E-state index contributed by atoms with van der Waals surface area (Å²) in [6.07, 6.45) is 13.0. The van der Waals surface area contributed by atoms with Crippen LogP contribution in [0.3, 0.4) is 0 Å². The van der Waals surface area contributed by atoms with Crippen molar-refractivity contribution in [2.24, 2.45) is 5.92 Å². The molecular formula is C18H21NO. The van der Waals surface area contributed by atoms with Gasteiger partial charge >= 0.3 is 0 Å². The molecule has 1 aliphatic heterocycles. The number of piperidine rings is 1. The molecule has 1 saturated heterocycles. The van der Waals surface area contributed by atoms with Crippen molar-refractivity contribution >= 4 is 5.91 Å². The van der Waals surface area contributed by atoms with Gasteiger partial charge in [0.25, 0.3) is 5.91 Å². The monoisotopic (exact) mass is 267 g/mol. The fourth-order valence-corrected chi connectivity index (χ4v) is 3.83. The predicted octanol–water partition coefficient (Wildman–Crippen LogP) is 3.46. The molecule has 1 aromatic rings. The molecule has 2 heteroatoms. The smallest absolute Gasteiger partial charge is 0.255 e. The molecule has 0 aromatic heterocycles. The molecule has 1 saturated carbocycles. The van der Waals surface area contributed by atoms with Crippen LogP contribution >= 0.6 is 0 Å². The summed E-state index contributed by atoms with van der Waals surface area (Å²) in [4.78, 5) is 15.0. The maximum Gasteiger partial charge on any atom is 0.255 e. The third-order valence-electron chi connectivity index (χ3n) is 4.82. The first-order valence-electron chi connectivity index (χ1n) is 7.68. The Kier molecular flexibility index (Phi) is 3.78. The average molecular weight is 267 g/mol. The fourth-order valence-electron chi connectivity index (χ4n) is 3.83. The van der Waals surface area contributed by atoms with Crippen molar-refractivity contribution in [3.8, 4) is 12.3 Å². The van der Waals surface area contributed by atoms with Gasteiger partial charge < -0.3 is 4.90 Å². The molecule has 0 N–H and O–H groups in total. The molecule has 2 aliphatic rings. The van der Waals surface area contributed by atoms with Gasteiger partial charge in [0.05, 0.1) is 5.56 Å². The number of amides is 1. The standard InChI is InChI=1S/C18H21NO/c1-2-14-8-3-5-11-16(14)18(20)19-13-7-10-15-9-4-6-12-17(15)19/h1,3,5,8,11,15,17H,4,6-7,9-10,12-13H2. The van der Waals surface area contributed by atoms with Gasteiger partial charge in [0.1, 0.15) is 0 Å². The molecule has 1 amide bonds. The number of rotatable bonds is 1. The van der Waals surface area contributed by atoms with Crippen LogP contribution in [-0.4, -0.2) is 23.4 Å². The number of benzene rings is 1. The van der Waals surface area contributed by atoms with E-state index in [-0.39, 0.29) is 5.91 Å². The van der Waals surface area contributed by atoms with Crippen LogP contribution in [0, 0.1) is 18.3 Å². The Morgan fingerprint density at radius 1 is 1.15 bits per heavy atom. The van der Waals surface area contributed by atoms with Crippen LogP contribution < -0.4 is 0 Å². The topological polar surface area (TPSA) is 20.3 Å². The Balaban J connectivity index is 1.87. The number of carbonyl (C=O) groups excluding carboxylic acids is 1. The lowest BCUT2D eigenvalue weighted by Crippen LogP contribution is -2.49. The summed E-state index contributed by atoms with van der Waals surface area (Å²) in [5, 5.41) is 0. The van der Waals surface area contributed by atoms with E-state index in [1.165, 1.54) is 25.7 Å². The van der Waals surface area contributed by atoms with Crippen molar-refractivity contribution in [2.75, 3.05) is 6.54 Å². The molecule has 104 valence electrons. The van der Waals surface area contributed by atoms with Gasteiger partial charge in [0, 0.05) is 18.2 Å². The highest BCUT2D eigenvalue weighted by Gasteiger charge is 2.36. The Morgan fingerprint density at radius 2 is 1.90 bits per heavy atom. The second-order valence-electron chi connectivity index (χ2n) is 5.94. The van der Waals surface area contributed by atoms with E-state index in [1.807, 2.05) is 24.3 Å². The molecule has 1 aromatic carbocycles. The summed E-state index contributed by atoms with van der Waals surface area (Å²) in [7, 11) is 0. The van der Waals surface area contributed by atoms with E-state index < -0.39 is 0 Å². The predicted molar refractivity (Wildman–Crippen MR) is 80.4 cm³/mol. The number of terminal acetylenes is 1. The van der Waals surface area contributed by atoms with Crippen LogP contribution in [0.4, 0.5) is 0 Å². The van der Waals surface area contributed by atoms with Gasteiger partial charge in [-0.2, -0.15) is 0 Å². The van der Waals surface area contributed by atoms with Crippen LogP contribution in [0.5, 0.6) is 0 Å². The molecule has 2 nitrogen and oxygen atoms in total. The molecule has 0 radical (unpaired) electrons. The first-order valence-corrected chi connectivity index (χ1v) is 7.68. The largest absolute Gasteiger partial charge is 0.335 e. The van der Waals surface area contributed by atoms with Crippen LogP contribution in [0.1, 0.15) is 54.4 Å². The van der Waals surface area contributed by atoms with E-state index in [1.54, 1.807) is 0 Å². The second kappa shape index (κ2) is 5.71. The van der Waals surface area contributed by atoms with Gasteiger partial charge in [0.15, 0.2) is 0 Å². The lowest BCUT2D eigenvalue weighted by atomic mass is 9.78. The quantitative estimate of drug-likeness (QED) is 0.714. The molecule has 0 bridgehead atoms. The Hall–Kier alpha value is -1.75. The summed E-state index contributed by atoms with van der Waals surface area (Å²) >= 11 is 0. The highest BCUT2D eigenvalue weighted by molar-refractivity contribution is 5.97. The maximum absolute atomic E-state index is 12.9. The molecule has 20 heavy (non-hydrogen) atoms. The van der Waals surface area contributed by atoms with Crippen molar-refractivity contribution in [1.82, 2.24) is 4.90 Å². The van der Waals surface area contributed by atoms with Gasteiger partial charge in [-0.1, -0.05) is 30.9 Å². The molecule has 2 atom stereocenters. The van der Waals surface area contributed by atoms with Crippen molar-refractivity contribution in [2.45, 2.75) is 44.6 Å². The summed E-state index contributed by atoms with van der Waals surface area (Å²) in [5.74, 6) is 3.48. The molecule has 1 heterocycles. The number of fused-ring (bicyclic) bond motifs is 1. The summed E-state index contributed by atoms with van der Waals surface area (Å²) < 4.78 is 0. The first kappa shape index (κ1) is 13.2. The van der Waals surface area contributed by atoms with Crippen molar-refractivity contribution in [3.05, 3.63) is 35.4 Å². The second-order valence-corrected chi connectivity index (χ2v) is 5.94. The third kappa shape index (κ3) is 2.33. The maximum atomic E-state index is 12.9. The van der Waals surface area contributed by atoms with Crippen LogP contribution in [0.15, 0.2) is 24.3 Å². The molecule has 2 unspecified atom stereocenters. The van der Waals surface area contributed by atoms with Crippen LogP contribution in [-0.2, 0) is 0 Å². The van der Waals surface area contributed by atoms with E-state index in [4.69, 9.17) is 6.42 Å². The van der Waals surface area contributed by atoms with E-state index in [2.05, 4.69) is 10.8 Å². The Morgan fingerprint density at radius 3 is 2.75 bits per heavy atom. The Bertz CT molecular complexity index is 541. The third-order valence-corrected chi connectivity index (χ3v) is 4.82. The minimum Gasteiger partial charge on any atom is -0.335 e. The molecular weight excluding hydrogens is 246 g/mol. The van der Waals surface area contributed by atoms with Gasteiger partial charge in [-0.05, 0) is 43.7 Å². The normalized spacial score (nSPS) is 25.6. The zero-order valence-electron chi connectivity index (χ0n) is 11.8. The lowest BCUT2D eigenvalue weighted by Gasteiger charge is -2.44. The summed E-state index contributed by atoms with van der Waals surface area (Å²) in [6.45, 7) is 0.888. The molecule has 0 spiro atoms. The van der Waals surface area contributed by atoms with Crippen LogP contribution in [0.2, 0.25) is 0 Å². The zero-order valence-corrected chi connectivity index (χ0v) is 11.8. The van der Waals surface area contributed by atoms with E-state index in [0.29, 0.717) is 17.5 Å². The van der Waals surface area contributed by atoms with E-state index in [9.17, 15) is 4.79 Å².